The second-order valence-electron chi connectivity index (χ2n) is 9.00. The Morgan fingerprint density at radius 3 is 2.35 bits per heavy atom. The van der Waals surface area contributed by atoms with E-state index in [-0.39, 0.29) is 23.6 Å². The van der Waals surface area contributed by atoms with Crippen molar-refractivity contribution in [1.82, 2.24) is 14.5 Å². The molecule has 0 atom stereocenters. The fourth-order valence-corrected chi connectivity index (χ4v) is 4.31. The van der Waals surface area contributed by atoms with Gasteiger partial charge in [0, 0.05) is 25.2 Å². The third-order valence-electron chi connectivity index (χ3n) is 6.21. The number of methoxy groups -OCH3 is 1. The summed E-state index contributed by atoms with van der Waals surface area (Å²) in [5.74, 6) is -0.565. The maximum absolute atomic E-state index is 14.3. The number of imidazole rings is 1. The predicted molar refractivity (Wildman–Crippen MR) is 137 cm³/mol. The van der Waals surface area contributed by atoms with E-state index in [4.69, 9.17) is 4.74 Å². The Balaban J connectivity index is 2.05. The Kier molecular flexibility index (Phi) is 9.74. The predicted octanol–water partition coefficient (Wildman–Crippen LogP) is 6.88. The first-order valence-corrected chi connectivity index (χ1v) is 12.5. The van der Waals surface area contributed by atoms with E-state index in [1.54, 1.807) is 41.0 Å². The van der Waals surface area contributed by atoms with Crippen LogP contribution >= 0.6 is 0 Å². The third-order valence-corrected chi connectivity index (χ3v) is 6.21. The number of halogens is 3. The SMILES string of the molecule is CCCCN(Cc1ccc(C(=O)O)c(OC)c1)Cc1c(C(F)(F)F)nc(-c2ccccc2)n1CCCC. The fraction of sp³-hybridized carbons (Fsp3) is 0.429. The van der Waals surface area contributed by atoms with Crippen LogP contribution in [0.1, 0.15) is 66.8 Å². The van der Waals surface area contributed by atoms with Gasteiger partial charge in [0.25, 0.3) is 0 Å². The van der Waals surface area contributed by atoms with E-state index in [9.17, 15) is 23.1 Å². The lowest BCUT2D eigenvalue weighted by Gasteiger charge is -2.25. The van der Waals surface area contributed by atoms with Crippen LogP contribution in [0.25, 0.3) is 11.4 Å². The number of benzene rings is 2. The summed E-state index contributed by atoms with van der Waals surface area (Å²) in [7, 11) is 1.40. The zero-order valence-electron chi connectivity index (χ0n) is 21.5. The number of carboxylic acid groups (broad SMARTS) is 1. The number of hydrogen-bond donors (Lipinski definition) is 1. The summed E-state index contributed by atoms with van der Waals surface area (Å²) in [6.45, 7) is 5.45. The molecule has 0 spiro atoms. The van der Waals surface area contributed by atoms with Crippen LogP contribution < -0.4 is 4.74 Å². The highest BCUT2D eigenvalue weighted by Crippen LogP contribution is 2.36. The van der Waals surface area contributed by atoms with E-state index in [2.05, 4.69) is 4.98 Å². The van der Waals surface area contributed by atoms with Gasteiger partial charge in [-0.25, -0.2) is 9.78 Å². The van der Waals surface area contributed by atoms with Gasteiger partial charge < -0.3 is 14.4 Å². The van der Waals surface area contributed by atoms with Crippen molar-refractivity contribution in [2.75, 3.05) is 13.7 Å². The van der Waals surface area contributed by atoms with Crippen LogP contribution in [0.3, 0.4) is 0 Å². The van der Waals surface area contributed by atoms with Crippen molar-refractivity contribution in [1.29, 1.82) is 0 Å². The number of rotatable bonds is 13. The molecular weight excluding hydrogens is 483 g/mol. The molecule has 0 saturated heterocycles. The summed E-state index contributed by atoms with van der Waals surface area (Å²) in [6, 6.07) is 13.8. The highest BCUT2D eigenvalue weighted by Gasteiger charge is 2.39. The van der Waals surface area contributed by atoms with Gasteiger partial charge in [-0.1, -0.05) is 63.1 Å². The Bertz CT molecular complexity index is 1180. The molecule has 3 rings (SSSR count). The van der Waals surface area contributed by atoms with Gasteiger partial charge >= 0.3 is 12.1 Å². The van der Waals surface area contributed by atoms with Crippen molar-refractivity contribution in [3.8, 4) is 17.1 Å². The van der Waals surface area contributed by atoms with Crippen molar-refractivity contribution in [3.05, 3.63) is 71.0 Å². The van der Waals surface area contributed by atoms with Crippen LogP contribution in [-0.2, 0) is 25.8 Å². The molecule has 37 heavy (non-hydrogen) atoms. The number of alkyl halides is 3. The van der Waals surface area contributed by atoms with Crippen LogP contribution in [0.2, 0.25) is 0 Å². The average molecular weight is 518 g/mol. The summed E-state index contributed by atoms with van der Waals surface area (Å²) in [6.07, 6.45) is -1.35. The molecule has 3 aromatic rings. The molecule has 0 radical (unpaired) electrons. The lowest BCUT2D eigenvalue weighted by Crippen LogP contribution is -2.27. The van der Waals surface area contributed by atoms with E-state index in [0.717, 1.165) is 31.2 Å². The Labute approximate surface area is 215 Å². The standard InChI is InChI=1S/C28H34F3N3O3/c1-4-6-15-33(18-20-13-14-22(27(35)36)24(17-20)37-3)19-23-25(28(29,30)31)32-26(34(23)16-7-5-2)21-11-9-8-10-12-21/h8-14,17H,4-7,15-16,18-19H2,1-3H3,(H,35,36). The van der Waals surface area contributed by atoms with E-state index in [1.807, 2.05) is 24.8 Å². The second-order valence-corrected chi connectivity index (χ2v) is 9.00. The second kappa shape index (κ2) is 12.8. The number of aromatic carboxylic acids is 1. The van der Waals surface area contributed by atoms with Gasteiger partial charge in [-0.15, -0.1) is 0 Å². The van der Waals surface area contributed by atoms with Gasteiger partial charge in [0.1, 0.15) is 17.1 Å². The van der Waals surface area contributed by atoms with Crippen molar-refractivity contribution in [2.45, 2.75) is 65.3 Å². The largest absolute Gasteiger partial charge is 0.496 e. The van der Waals surface area contributed by atoms with Crippen LogP contribution in [0.5, 0.6) is 5.75 Å². The Morgan fingerprint density at radius 1 is 1.05 bits per heavy atom. The molecule has 0 aliphatic rings. The number of unbranched alkanes of at least 4 members (excludes halogenated alkanes) is 2. The lowest BCUT2D eigenvalue weighted by molar-refractivity contribution is -0.141. The van der Waals surface area contributed by atoms with Crippen LogP contribution in [-0.4, -0.2) is 39.2 Å². The van der Waals surface area contributed by atoms with E-state index in [1.165, 1.54) is 13.2 Å². The van der Waals surface area contributed by atoms with Crippen molar-refractivity contribution >= 4 is 5.97 Å². The molecule has 1 heterocycles. The maximum Gasteiger partial charge on any atom is 0.435 e. The van der Waals surface area contributed by atoms with Crippen molar-refractivity contribution in [2.24, 2.45) is 0 Å². The molecule has 0 aliphatic heterocycles. The minimum atomic E-state index is -4.60. The summed E-state index contributed by atoms with van der Waals surface area (Å²) < 4.78 is 49.7. The minimum Gasteiger partial charge on any atom is -0.496 e. The number of carboxylic acids is 1. The summed E-state index contributed by atoms with van der Waals surface area (Å²) >= 11 is 0. The molecule has 2 aromatic carbocycles. The summed E-state index contributed by atoms with van der Waals surface area (Å²) in [5.41, 5.74) is 0.725. The van der Waals surface area contributed by atoms with Crippen LogP contribution in [0.4, 0.5) is 13.2 Å². The third kappa shape index (κ3) is 7.13. The molecule has 0 fully saturated rings. The summed E-state index contributed by atoms with van der Waals surface area (Å²) in [4.78, 5) is 17.6. The minimum absolute atomic E-state index is 0.0378. The monoisotopic (exact) mass is 517 g/mol. The number of ether oxygens (including phenoxy) is 1. The van der Waals surface area contributed by atoms with Crippen molar-refractivity contribution in [3.63, 3.8) is 0 Å². The molecule has 0 aliphatic carbocycles. The topological polar surface area (TPSA) is 67.6 Å². The molecule has 0 amide bonds. The Morgan fingerprint density at radius 2 is 1.76 bits per heavy atom. The molecule has 0 unspecified atom stereocenters. The first kappa shape index (κ1) is 28.2. The number of aromatic nitrogens is 2. The van der Waals surface area contributed by atoms with Crippen molar-refractivity contribution < 1.29 is 27.8 Å². The fourth-order valence-electron chi connectivity index (χ4n) is 4.31. The van der Waals surface area contributed by atoms with Gasteiger partial charge in [-0.3, -0.25) is 4.90 Å². The van der Waals surface area contributed by atoms with Gasteiger partial charge in [0.2, 0.25) is 0 Å². The summed E-state index contributed by atoms with van der Waals surface area (Å²) in [5, 5.41) is 9.38. The van der Waals surface area contributed by atoms with Gasteiger partial charge in [0.05, 0.1) is 12.8 Å². The highest BCUT2D eigenvalue weighted by molar-refractivity contribution is 5.91. The molecule has 200 valence electrons. The van der Waals surface area contributed by atoms with E-state index in [0.29, 0.717) is 31.0 Å². The number of carbonyl (C=O) groups is 1. The van der Waals surface area contributed by atoms with Crippen LogP contribution in [0.15, 0.2) is 48.5 Å². The van der Waals surface area contributed by atoms with Gasteiger partial charge in [0.15, 0.2) is 5.69 Å². The highest BCUT2D eigenvalue weighted by atomic mass is 19.4. The molecule has 0 bridgehead atoms. The molecule has 6 nitrogen and oxygen atoms in total. The Hall–Kier alpha value is -3.33. The normalized spacial score (nSPS) is 11.8. The molecular formula is C28H34F3N3O3. The maximum atomic E-state index is 14.3. The number of hydrogen-bond acceptors (Lipinski definition) is 4. The zero-order chi connectivity index (χ0) is 27.0. The lowest BCUT2D eigenvalue weighted by atomic mass is 10.1. The quantitative estimate of drug-likeness (QED) is 0.268. The molecule has 0 saturated carbocycles. The van der Waals surface area contributed by atoms with Gasteiger partial charge in [-0.05, 0) is 37.1 Å². The average Bonchev–Trinajstić information content (AvgIpc) is 3.24. The molecule has 9 heteroatoms. The first-order chi connectivity index (χ1) is 17.7. The van der Waals surface area contributed by atoms with E-state index < -0.39 is 17.8 Å². The zero-order valence-corrected chi connectivity index (χ0v) is 21.5. The van der Waals surface area contributed by atoms with E-state index >= 15 is 0 Å². The smallest absolute Gasteiger partial charge is 0.435 e. The van der Waals surface area contributed by atoms with Crippen LogP contribution in [0, 0.1) is 0 Å². The van der Waals surface area contributed by atoms with Gasteiger partial charge in [-0.2, -0.15) is 13.2 Å². The number of nitrogens with zero attached hydrogens (tertiary/aromatic N) is 3. The molecule has 1 aromatic heterocycles. The molecule has 1 N–H and O–H groups in total. The first-order valence-electron chi connectivity index (χ1n) is 12.5.